The minimum atomic E-state index is -2.13. The molecule has 364 valence electrons. The molecule has 24 heteroatoms. The molecule has 0 saturated carbocycles. The van der Waals surface area contributed by atoms with Gasteiger partial charge in [-0.1, -0.05) is 6.07 Å². The van der Waals surface area contributed by atoms with Gasteiger partial charge < -0.3 is 109 Å². The van der Waals surface area contributed by atoms with Crippen LogP contribution in [0.2, 0.25) is 0 Å². The van der Waals surface area contributed by atoms with Gasteiger partial charge in [0.15, 0.2) is 47.1 Å². The number of hydrogen-bond donors (Lipinski definition) is 14. The number of carbonyl (C=O) groups is 1. The molecule has 14 N–H and O–H groups in total. The third-order valence-electron chi connectivity index (χ3n) is 11.5. The summed E-state index contributed by atoms with van der Waals surface area (Å²) in [5.41, 5.74) is -1.59. The highest BCUT2D eigenvalue weighted by Crippen LogP contribution is 2.47. The van der Waals surface area contributed by atoms with Crippen LogP contribution in [0.5, 0.6) is 34.5 Å². The Hall–Kier alpha value is -5.68. The van der Waals surface area contributed by atoms with Gasteiger partial charge in [0.05, 0.1) is 32.5 Å². The van der Waals surface area contributed by atoms with Gasteiger partial charge in [0.2, 0.25) is 0 Å². The van der Waals surface area contributed by atoms with Crippen LogP contribution in [0.1, 0.15) is 17.2 Å². The monoisotopic (exact) mass is 948 g/mol. The van der Waals surface area contributed by atoms with Crippen LogP contribution in [0.25, 0.3) is 28.4 Å². The number of esters is 1. The van der Waals surface area contributed by atoms with Gasteiger partial charge >= 0.3 is 5.97 Å². The molecule has 0 bridgehead atoms. The molecule has 15 atom stereocenters. The fourth-order valence-corrected chi connectivity index (χ4v) is 7.93. The van der Waals surface area contributed by atoms with E-state index in [9.17, 15) is 81.1 Å². The smallest absolute Gasteiger partial charge is 0.331 e. The van der Waals surface area contributed by atoms with Gasteiger partial charge in [-0.25, -0.2) is 4.79 Å². The second-order valence-electron chi connectivity index (χ2n) is 15.7. The SMILES string of the molecule is COc1cc(-c2cc(=O)c3c(O)c(C4OC(CO)C(O)C(OC5OC(CO)C(O)C(O)C5OC5OC(CO)C(O)C(O)C5O)C4OC(=O)/C=C/c4ccc(O)c(O)c4)c(O)cc3o2)ccc1O. The highest BCUT2D eigenvalue weighted by atomic mass is 16.8. The summed E-state index contributed by atoms with van der Waals surface area (Å²) in [5.74, 6) is -4.50. The first kappa shape index (κ1) is 49.2. The van der Waals surface area contributed by atoms with Gasteiger partial charge in [-0.05, 0) is 42.0 Å². The van der Waals surface area contributed by atoms with Gasteiger partial charge in [0, 0.05) is 23.8 Å². The number of ether oxygens (including phenoxy) is 7. The van der Waals surface area contributed by atoms with Crippen molar-refractivity contribution < 1.29 is 114 Å². The zero-order valence-electron chi connectivity index (χ0n) is 34.9. The van der Waals surface area contributed by atoms with Gasteiger partial charge in [0.1, 0.15) is 101 Å². The van der Waals surface area contributed by atoms with Crippen LogP contribution in [0.15, 0.2) is 63.8 Å². The summed E-state index contributed by atoms with van der Waals surface area (Å²) in [6, 6.07) is 9.38. The molecule has 3 fully saturated rings. The van der Waals surface area contributed by atoms with Crippen LogP contribution in [0.4, 0.5) is 0 Å². The standard InChI is InChI=1S/C43H48O24/c1-60-23-9-16(4-6-18(23)48)22-10-20(50)29-24(61-22)11-21(51)30(34(29)56)38-41(65-28(52)7-3-15-2-5-17(47)19(49)8-15)39(33(55)27(14-46)62-38)66-43-40(36(58)32(54)26(13-45)64-43)67-42-37(59)35(57)31(53)25(12-44)63-42/h2-11,25-27,31-33,35-49,51,53-59H,12-14H2,1H3/b7-3+. The highest BCUT2D eigenvalue weighted by Gasteiger charge is 2.56. The summed E-state index contributed by atoms with van der Waals surface area (Å²) in [4.78, 5) is 27.5. The maximum atomic E-state index is 13.8. The maximum absolute atomic E-state index is 13.8. The Bertz CT molecular complexity index is 2490. The molecule has 3 saturated heterocycles. The Labute approximate surface area is 377 Å². The van der Waals surface area contributed by atoms with Crippen molar-refractivity contribution in [2.75, 3.05) is 26.9 Å². The molecule has 0 spiro atoms. The molecule has 0 aliphatic carbocycles. The van der Waals surface area contributed by atoms with Crippen molar-refractivity contribution in [3.8, 4) is 45.8 Å². The lowest BCUT2D eigenvalue weighted by atomic mass is 9.88. The van der Waals surface area contributed by atoms with Gasteiger partial charge in [-0.2, -0.15) is 0 Å². The second kappa shape index (κ2) is 20.3. The van der Waals surface area contributed by atoms with Crippen molar-refractivity contribution in [3.63, 3.8) is 0 Å². The lowest BCUT2D eigenvalue weighted by Crippen LogP contribution is -2.66. The number of aromatic hydroxyl groups is 5. The predicted octanol–water partition coefficient (Wildman–Crippen LogP) is -2.58. The van der Waals surface area contributed by atoms with E-state index >= 15 is 0 Å². The molecule has 4 aromatic rings. The van der Waals surface area contributed by atoms with E-state index in [0.29, 0.717) is 0 Å². The molecule has 3 aromatic carbocycles. The predicted molar refractivity (Wildman–Crippen MR) is 220 cm³/mol. The summed E-state index contributed by atoms with van der Waals surface area (Å²) in [6.45, 7) is -2.93. The number of rotatable bonds is 13. The van der Waals surface area contributed by atoms with Crippen LogP contribution < -0.4 is 10.2 Å². The molecule has 0 amide bonds. The molecule has 0 radical (unpaired) electrons. The van der Waals surface area contributed by atoms with Crippen molar-refractivity contribution in [2.24, 2.45) is 0 Å². The quantitative estimate of drug-likeness (QED) is 0.0372. The van der Waals surface area contributed by atoms with Crippen molar-refractivity contribution >= 4 is 23.0 Å². The Balaban J connectivity index is 1.32. The van der Waals surface area contributed by atoms with Crippen molar-refractivity contribution in [1.82, 2.24) is 0 Å². The number of methoxy groups -OCH3 is 1. The molecule has 15 unspecified atom stereocenters. The van der Waals surface area contributed by atoms with E-state index < -0.39 is 163 Å². The lowest BCUT2D eigenvalue weighted by Gasteiger charge is -2.49. The Morgan fingerprint density at radius 2 is 1.27 bits per heavy atom. The topological polar surface area (TPSA) is 395 Å². The van der Waals surface area contributed by atoms with Gasteiger partial charge in [-0.15, -0.1) is 0 Å². The summed E-state index contributed by atoms with van der Waals surface area (Å²) in [7, 11) is 1.29. The second-order valence-corrected chi connectivity index (χ2v) is 15.7. The largest absolute Gasteiger partial charge is 0.507 e. The number of fused-ring (bicyclic) bond motifs is 1. The average Bonchev–Trinajstić information content (AvgIpc) is 3.30. The Morgan fingerprint density at radius 3 is 1.93 bits per heavy atom. The van der Waals surface area contributed by atoms with Gasteiger partial charge in [0.25, 0.3) is 0 Å². The first-order valence-electron chi connectivity index (χ1n) is 20.4. The number of carbonyl (C=O) groups excluding carboxylic acids is 1. The van der Waals surface area contributed by atoms with E-state index in [1.807, 2.05) is 0 Å². The molecule has 3 aliphatic rings. The third kappa shape index (κ3) is 9.72. The Kier molecular flexibility index (Phi) is 14.9. The fourth-order valence-electron chi connectivity index (χ4n) is 7.93. The highest BCUT2D eigenvalue weighted by molar-refractivity contribution is 5.89. The van der Waals surface area contributed by atoms with Crippen LogP contribution >= 0.6 is 0 Å². The molecule has 3 aliphatic heterocycles. The van der Waals surface area contributed by atoms with Crippen molar-refractivity contribution in [1.29, 1.82) is 0 Å². The molecule has 1 aromatic heterocycles. The molecule has 67 heavy (non-hydrogen) atoms. The maximum Gasteiger partial charge on any atom is 0.331 e. The van der Waals surface area contributed by atoms with Crippen molar-refractivity contribution in [3.05, 3.63) is 76.0 Å². The zero-order valence-corrected chi connectivity index (χ0v) is 34.9. The van der Waals surface area contributed by atoms with E-state index in [0.717, 1.165) is 36.4 Å². The molecular weight excluding hydrogens is 900 g/mol. The number of aliphatic hydroxyl groups is 9. The minimum absolute atomic E-state index is 0.0211. The summed E-state index contributed by atoms with van der Waals surface area (Å²) in [5, 5.41) is 148. The Morgan fingerprint density at radius 1 is 0.642 bits per heavy atom. The van der Waals surface area contributed by atoms with Crippen LogP contribution in [0.3, 0.4) is 0 Å². The van der Waals surface area contributed by atoms with E-state index in [1.165, 1.54) is 31.4 Å². The first-order valence-corrected chi connectivity index (χ1v) is 20.4. The number of hydrogen-bond acceptors (Lipinski definition) is 24. The zero-order chi connectivity index (χ0) is 48.6. The summed E-state index contributed by atoms with van der Waals surface area (Å²) in [6.07, 6.45) is -27.6. The van der Waals surface area contributed by atoms with E-state index in [1.54, 1.807) is 0 Å². The van der Waals surface area contributed by atoms with Crippen LogP contribution in [-0.4, -0.2) is 190 Å². The summed E-state index contributed by atoms with van der Waals surface area (Å²) < 4.78 is 45.8. The van der Waals surface area contributed by atoms with E-state index in [2.05, 4.69) is 0 Å². The number of benzene rings is 3. The molecular formula is C43H48O24. The van der Waals surface area contributed by atoms with E-state index in [4.69, 9.17) is 37.6 Å². The first-order chi connectivity index (χ1) is 31.9. The van der Waals surface area contributed by atoms with Crippen LogP contribution in [0, 0.1) is 0 Å². The molecule has 24 nitrogen and oxygen atoms in total. The minimum Gasteiger partial charge on any atom is -0.507 e. The van der Waals surface area contributed by atoms with Crippen molar-refractivity contribution in [2.45, 2.75) is 91.9 Å². The lowest BCUT2D eigenvalue weighted by molar-refractivity contribution is -0.382. The number of phenolic OH excluding ortho intramolecular Hbond substituents is 5. The normalized spacial score (nSPS) is 32.4. The third-order valence-corrected chi connectivity index (χ3v) is 11.5. The molecule has 4 heterocycles. The number of phenols is 5. The average molecular weight is 949 g/mol. The van der Waals surface area contributed by atoms with E-state index in [-0.39, 0.29) is 28.4 Å². The fraction of sp³-hybridized carbons (Fsp3) is 0.442. The van der Waals surface area contributed by atoms with Gasteiger partial charge in [-0.3, -0.25) is 4.79 Å². The number of aliphatic hydroxyl groups excluding tert-OH is 9. The summed E-state index contributed by atoms with van der Waals surface area (Å²) >= 11 is 0. The molecule has 7 rings (SSSR count). The van der Waals surface area contributed by atoms with Crippen LogP contribution in [-0.2, 0) is 33.2 Å².